The molecule has 1 aromatic carbocycles. The molecule has 1 saturated heterocycles. The topological polar surface area (TPSA) is 41.5 Å². The molecule has 0 aliphatic carbocycles. The highest BCUT2D eigenvalue weighted by Gasteiger charge is 2.19. The van der Waals surface area contributed by atoms with Crippen LogP contribution in [-0.4, -0.2) is 18.8 Å². The number of hydrogen-bond acceptors (Lipinski definition) is 3. The van der Waals surface area contributed by atoms with Gasteiger partial charge in [0, 0.05) is 18.7 Å². The van der Waals surface area contributed by atoms with Gasteiger partial charge >= 0.3 is 0 Å². The lowest BCUT2D eigenvalue weighted by Crippen LogP contribution is -2.13. The van der Waals surface area contributed by atoms with Crippen LogP contribution in [0.5, 0.6) is 5.75 Å². The van der Waals surface area contributed by atoms with E-state index in [1.165, 1.54) is 6.42 Å². The third-order valence-electron chi connectivity index (χ3n) is 2.84. The van der Waals surface area contributed by atoms with E-state index in [4.69, 9.17) is 4.74 Å². The van der Waals surface area contributed by atoms with Crippen molar-refractivity contribution in [2.24, 2.45) is 0 Å². The zero-order chi connectivity index (χ0) is 10.7. The van der Waals surface area contributed by atoms with Crippen molar-refractivity contribution in [3.05, 3.63) is 29.3 Å². The molecule has 1 aliphatic rings. The lowest BCUT2D eigenvalue weighted by atomic mass is 10.0. The number of benzene rings is 1. The molecule has 0 bridgehead atoms. The van der Waals surface area contributed by atoms with Crippen LogP contribution in [0.25, 0.3) is 0 Å². The molecule has 0 aromatic heterocycles. The van der Waals surface area contributed by atoms with Crippen LogP contribution in [0.3, 0.4) is 0 Å². The first-order valence-corrected chi connectivity index (χ1v) is 5.35. The van der Waals surface area contributed by atoms with E-state index in [0.717, 1.165) is 24.1 Å². The summed E-state index contributed by atoms with van der Waals surface area (Å²) in [5.74, 6) is 0.384. The molecule has 1 heterocycles. The average Bonchev–Trinajstić information content (AvgIpc) is 2.74. The van der Waals surface area contributed by atoms with Crippen LogP contribution in [0.4, 0.5) is 0 Å². The molecule has 0 unspecified atom stereocenters. The van der Waals surface area contributed by atoms with Gasteiger partial charge in [-0.1, -0.05) is 6.07 Å². The van der Waals surface area contributed by atoms with Gasteiger partial charge in [0.15, 0.2) is 0 Å². The fourth-order valence-electron chi connectivity index (χ4n) is 2.09. The maximum absolute atomic E-state index is 9.78. The average molecular weight is 207 g/mol. The Kier molecular flexibility index (Phi) is 3.23. The Balaban J connectivity index is 2.23. The van der Waals surface area contributed by atoms with Crippen molar-refractivity contribution in [1.82, 2.24) is 5.32 Å². The summed E-state index contributed by atoms with van der Waals surface area (Å²) in [5, 5.41) is 13.2. The smallest absolute Gasteiger partial charge is 0.120 e. The van der Waals surface area contributed by atoms with Gasteiger partial charge in [-0.15, -0.1) is 0 Å². The highest BCUT2D eigenvalue weighted by atomic mass is 16.5. The van der Waals surface area contributed by atoms with Crippen molar-refractivity contribution in [2.45, 2.75) is 25.5 Å². The SMILES string of the molecule is COCc1ccc(O)c([C@H]2CCCN2)c1. The number of hydrogen-bond donors (Lipinski definition) is 2. The molecule has 1 aliphatic heterocycles. The highest BCUT2D eigenvalue weighted by Crippen LogP contribution is 2.30. The van der Waals surface area contributed by atoms with Gasteiger partial charge in [0.05, 0.1) is 6.61 Å². The summed E-state index contributed by atoms with van der Waals surface area (Å²) in [6, 6.07) is 5.99. The molecule has 0 saturated carbocycles. The van der Waals surface area contributed by atoms with Crippen molar-refractivity contribution in [3.8, 4) is 5.75 Å². The van der Waals surface area contributed by atoms with Crippen LogP contribution < -0.4 is 5.32 Å². The van der Waals surface area contributed by atoms with Crippen LogP contribution in [0, 0.1) is 0 Å². The van der Waals surface area contributed by atoms with Gasteiger partial charge in [-0.3, -0.25) is 0 Å². The van der Waals surface area contributed by atoms with E-state index in [2.05, 4.69) is 5.32 Å². The largest absolute Gasteiger partial charge is 0.508 e. The van der Waals surface area contributed by atoms with Gasteiger partial charge in [-0.05, 0) is 37.1 Å². The molecule has 2 rings (SSSR count). The van der Waals surface area contributed by atoms with Crippen molar-refractivity contribution in [3.63, 3.8) is 0 Å². The third kappa shape index (κ3) is 2.30. The van der Waals surface area contributed by atoms with Gasteiger partial charge in [0.25, 0.3) is 0 Å². The summed E-state index contributed by atoms with van der Waals surface area (Å²) in [4.78, 5) is 0. The summed E-state index contributed by atoms with van der Waals surface area (Å²) in [5.41, 5.74) is 2.11. The molecule has 15 heavy (non-hydrogen) atoms. The number of nitrogens with one attached hydrogen (secondary N) is 1. The Morgan fingerprint density at radius 2 is 2.40 bits per heavy atom. The van der Waals surface area contributed by atoms with Gasteiger partial charge in [-0.25, -0.2) is 0 Å². The molecule has 0 amide bonds. The fraction of sp³-hybridized carbons (Fsp3) is 0.500. The molecular weight excluding hydrogens is 190 g/mol. The second-order valence-electron chi connectivity index (χ2n) is 3.98. The summed E-state index contributed by atoms with van der Waals surface area (Å²) in [6.07, 6.45) is 2.28. The van der Waals surface area contributed by atoms with Crippen molar-refractivity contribution in [2.75, 3.05) is 13.7 Å². The van der Waals surface area contributed by atoms with Crippen LogP contribution in [0.2, 0.25) is 0 Å². The highest BCUT2D eigenvalue weighted by molar-refractivity contribution is 5.38. The first-order valence-electron chi connectivity index (χ1n) is 5.35. The molecular formula is C12H17NO2. The summed E-state index contributed by atoms with van der Waals surface area (Å²) in [7, 11) is 1.68. The summed E-state index contributed by atoms with van der Waals surface area (Å²) in [6.45, 7) is 1.64. The molecule has 2 N–H and O–H groups in total. The van der Waals surface area contributed by atoms with Gasteiger partial charge < -0.3 is 15.2 Å². The first-order chi connectivity index (χ1) is 7.31. The molecule has 0 radical (unpaired) electrons. The zero-order valence-electron chi connectivity index (χ0n) is 8.99. The second-order valence-corrected chi connectivity index (χ2v) is 3.98. The minimum Gasteiger partial charge on any atom is -0.508 e. The van der Waals surface area contributed by atoms with Crippen LogP contribution in [0.15, 0.2) is 18.2 Å². The number of rotatable bonds is 3. The van der Waals surface area contributed by atoms with E-state index in [0.29, 0.717) is 18.4 Å². The van der Waals surface area contributed by atoms with E-state index in [1.54, 1.807) is 13.2 Å². The summed E-state index contributed by atoms with van der Waals surface area (Å²) >= 11 is 0. The number of phenols is 1. The van der Waals surface area contributed by atoms with E-state index in [-0.39, 0.29) is 0 Å². The number of ether oxygens (including phenoxy) is 1. The van der Waals surface area contributed by atoms with Crippen LogP contribution in [-0.2, 0) is 11.3 Å². The third-order valence-corrected chi connectivity index (χ3v) is 2.84. The van der Waals surface area contributed by atoms with Crippen LogP contribution in [0.1, 0.15) is 30.0 Å². The number of phenolic OH excluding ortho intramolecular Hbond substituents is 1. The van der Waals surface area contributed by atoms with Gasteiger partial charge in [0.1, 0.15) is 5.75 Å². The first kappa shape index (κ1) is 10.5. The van der Waals surface area contributed by atoms with Crippen molar-refractivity contribution < 1.29 is 9.84 Å². The Labute approximate surface area is 90.1 Å². The second kappa shape index (κ2) is 4.64. The molecule has 3 nitrogen and oxygen atoms in total. The standard InChI is InChI=1S/C12H17NO2/c1-15-8-9-4-5-12(14)10(7-9)11-3-2-6-13-11/h4-5,7,11,13-14H,2-3,6,8H2,1H3/t11-/m1/s1. The monoisotopic (exact) mass is 207 g/mol. The summed E-state index contributed by atoms with van der Waals surface area (Å²) < 4.78 is 5.08. The molecule has 82 valence electrons. The normalized spacial score (nSPS) is 20.7. The zero-order valence-corrected chi connectivity index (χ0v) is 8.99. The Morgan fingerprint density at radius 3 is 3.07 bits per heavy atom. The van der Waals surface area contributed by atoms with E-state index < -0.39 is 0 Å². The van der Waals surface area contributed by atoms with E-state index in [9.17, 15) is 5.11 Å². The van der Waals surface area contributed by atoms with Gasteiger partial charge in [-0.2, -0.15) is 0 Å². The number of methoxy groups -OCH3 is 1. The van der Waals surface area contributed by atoms with E-state index in [1.807, 2.05) is 12.1 Å². The van der Waals surface area contributed by atoms with Gasteiger partial charge in [0.2, 0.25) is 0 Å². The maximum atomic E-state index is 9.78. The quantitative estimate of drug-likeness (QED) is 0.796. The Bertz CT molecular complexity index is 332. The Hall–Kier alpha value is -1.06. The molecule has 1 fully saturated rings. The predicted molar refractivity (Wildman–Crippen MR) is 58.8 cm³/mol. The molecule has 1 atom stereocenters. The van der Waals surface area contributed by atoms with Crippen LogP contribution >= 0.6 is 0 Å². The van der Waals surface area contributed by atoms with Crippen molar-refractivity contribution in [1.29, 1.82) is 0 Å². The molecule has 1 aromatic rings. The number of aromatic hydroxyl groups is 1. The molecule has 0 spiro atoms. The maximum Gasteiger partial charge on any atom is 0.120 e. The lowest BCUT2D eigenvalue weighted by molar-refractivity contribution is 0.184. The fourth-order valence-corrected chi connectivity index (χ4v) is 2.09. The Morgan fingerprint density at radius 1 is 1.53 bits per heavy atom. The lowest BCUT2D eigenvalue weighted by Gasteiger charge is -2.13. The minimum absolute atomic E-state index is 0.307. The van der Waals surface area contributed by atoms with E-state index >= 15 is 0 Å². The minimum atomic E-state index is 0.307. The molecule has 3 heteroatoms. The van der Waals surface area contributed by atoms with Crippen molar-refractivity contribution >= 4 is 0 Å². The predicted octanol–water partition coefficient (Wildman–Crippen LogP) is 1.96.